The van der Waals surface area contributed by atoms with Crippen molar-refractivity contribution < 1.29 is 14.6 Å². The van der Waals surface area contributed by atoms with Crippen molar-refractivity contribution in [3.63, 3.8) is 0 Å². The second-order valence-electron chi connectivity index (χ2n) is 29.5. The lowest BCUT2D eigenvalue weighted by Gasteiger charge is -2.42. The van der Waals surface area contributed by atoms with Gasteiger partial charge in [-0.2, -0.15) is 0 Å². The average Bonchev–Trinajstić information content (AvgIpc) is 0.896. The van der Waals surface area contributed by atoms with Gasteiger partial charge in [-0.15, -0.1) is 0 Å². The molecule has 0 radical (unpaired) electrons. The average molecular weight is 1660 g/mol. The molecule has 6 N–H and O–H groups in total. The highest BCUT2D eigenvalue weighted by Crippen LogP contribution is 2.40. The molecule has 588 valence electrons. The lowest BCUT2D eigenvalue weighted by molar-refractivity contribution is 0.0166. The Morgan fingerprint density at radius 2 is 0.836 bits per heavy atom. The molecular formula is C81H95Cl8FN14O6. The lowest BCUT2D eigenvalue weighted by atomic mass is 9.75. The molecule has 8 heterocycles. The summed E-state index contributed by atoms with van der Waals surface area (Å²) in [6.45, 7) is 24.6. The van der Waals surface area contributed by atoms with Crippen LogP contribution in [-0.4, -0.2) is 118 Å². The van der Waals surface area contributed by atoms with Gasteiger partial charge in [0, 0.05) is 81.8 Å². The number of halogens is 9. The molecular weight excluding hydrogens is 1570 g/mol. The largest absolute Gasteiger partial charge is 0.398 e. The summed E-state index contributed by atoms with van der Waals surface area (Å²) in [6.07, 6.45) is 6.91. The zero-order chi connectivity index (χ0) is 80.0. The fourth-order valence-corrected chi connectivity index (χ4v) is 16.7. The monoisotopic (exact) mass is 1660 g/mol. The Labute approximate surface area is 681 Å². The van der Waals surface area contributed by atoms with Gasteiger partial charge in [-0.1, -0.05) is 157 Å². The normalized spacial score (nSPS) is 17.6. The number of nitrogen functional groups attached to an aromatic ring is 1. The summed E-state index contributed by atoms with van der Waals surface area (Å²) >= 11 is 49.6. The Morgan fingerprint density at radius 1 is 0.482 bits per heavy atom. The minimum Gasteiger partial charge on any atom is -0.398 e. The molecule has 5 aromatic carbocycles. The van der Waals surface area contributed by atoms with E-state index in [1.807, 2.05) is 26.0 Å². The fraction of sp³-hybridized carbons (Fsp3) is 0.432. The molecule has 29 heteroatoms. The van der Waals surface area contributed by atoms with Gasteiger partial charge in [-0.3, -0.25) is 37.4 Å². The van der Waals surface area contributed by atoms with Gasteiger partial charge in [0.05, 0.1) is 86.9 Å². The molecule has 0 saturated carbocycles. The molecule has 9 aromatic rings. The quantitative estimate of drug-likeness (QED) is 0.0739. The van der Waals surface area contributed by atoms with Crippen molar-refractivity contribution in [2.24, 2.45) is 16.6 Å². The summed E-state index contributed by atoms with van der Waals surface area (Å²) in [5.41, 5.74) is 16.9. The molecule has 0 spiro atoms. The van der Waals surface area contributed by atoms with Gasteiger partial charge >= 0.3 is 0 Å². The van der Waals surface area contributed by atoms with Gasteiger partial charge in [0.15, 0.2) is 0 Å². The number of nitrogens with zero attached hydrogens (tertiary/aromatic N) is 12. The number of rotatable bonds is 14. The number of aliphatic hydroxyl groups excluding tert-OH is 2. The number of hydrogen-bond acceptors (Lipinski definition) is 16. The van der Waals surface area contributed by atoms with Crippen LogP contribution in [0.5, 0.6) is 0 Å². The van der Waals surface area contributed by atoms with Gasteiger partial charge in [-0.25, -0.2) is 24.3 Å². The van der Waals surface area contributed by atoms with Crippen LogP contribution in [-0.2, 0) is 13.0 Å². The highest BCUT2D eigenvalue weighted by Gasteiger charge is 2.39. The summed E-state index contributed by atoms with van der Waals surface area (Å²) in [7, 11) is 0. The van der Waals surface area contributed by atoms with E-state index >= 15 is 0 Å². The minimum atomic E-state index is -0.928. The highest BCUT2D eigenvalue weighted by molar-refractivity contribution is 6.44. The Morgan fingerprint density at radius 3 is 1.21 bits per heavy atom. The first-order chi connectivity index (χ1) is 52.1. The van der Waals surface area contributed by atoms with Crippen molar-refractivity contribution in [2.75, 3.05) is 71.1 Å². The Hall–Kier alpha value is -7.25. The molecule has 20 nitrogen and oxygen atoms in total. The fourth-order valence-electron chi connectivity index (χ4n) is 15.2. The second kappa shape index (κ2) is 36.3. The van der Waals surface area contributed by atoms with Crippen LogP contribution >= 0.6 is 92.8 Å². The van der Waals surface area contributed by atoms with Crippen LogP contribution in [0.2, 0.25) is 40.2 Å². The predicted octanol–water partition coefficient (Wildman–Crippen LogP) is 17.0. The minimum absolute atomic E-state index is 0.0798. The summed E-state index contributed by atoms with van der Waals surface area (Å²) in [5.74, 6) is 4.82. The number of anilines is 5. The second-order valence-corrected chi connectivity index (χ2v) is 32.7. The number of aryl methyl sites for hydroxylation is 4. The van der Waals surface area contributed by atoms with Gasteiger partial charge in [0.2, 0.25) is 0 Å². The van der Waals surface area contributed by atoms with Crippen molar-refractivity contribution in [1.82, 2.24) is 38.2 Å². The number of aromatic nitrogens is 8. The van der Waals surface area contributed by atoms with Crippen molar-refractivity contribution in [2.45, 2.75) is 170 Å². The standard InChI is InChI=1S/C21H20Cl2N4O.C20H25Cl2FN4O.2C20H25Cl2N3O2/c1-12-20(26-10-9-14-5-3-7-17(24)15(14)11-26)25-13(2)27(21(12)28)18-8-4-6-16(22)19(18)23;1-13(23)12-20(24)7-4-9-26(10-8-20)17-11-18(28)27(14(2)25-17)16-6-3-5-15(21)19(16)22;2*1-4-16(26)20(3)8-10-24(11-9-20)17-12-18(27)25(13(2)23-17)15-7-5-6-14(21)19(15)22/h3-8H,9-11,24H2,1-2H3;3,5-6,11,13H,4,7-10,12,24H2,1-2H3;2*5-7,12,16,26H,4,8-11H2,1-3H3/t;13?,20-;2*16-/m.111/s1. The first kappa shape index (κ1) is 85.2. The maximum Gasteiger partial charge on any atom is 0.263 e. The number of fused-ring (bicyclic) bond motifs is 1. The smallest absolute Gasteiger partial charge is 0.263 e. The predicted molar refractivity (Wildman–Crippen MR) is 449 cm³/mol. The van der Waals surface area contributed by atoms with Crippen LogP contribution in [0.1, 0.15) is 139 Å². The maximum atomic E-state index is 13.5. The Bertz CT molecular complexity index is 4940. The number of benzene rings is 5. The van der Waals surface area contributed by atoms with E-state index in [4.69, 9.17) is 109 Å². The van der Waals surface area contributed by atoms with Gasteiger partial charge < -0.3 is 41.3 Å². The van der Waals surface area contributed by atoms with E-state index < -0.39 is 11.7 Å². The lowest BCUT2D eigenvalue weighted by Crippen LogP contribution is -2.45. The van der Waals surface area contributed by atoms with Crippen molar-refractivity contribution >= 4 is 122 Å². The molecule has 4 atom stereocenters. The van der Waals surface area contributed by atoms with E-state index in [-0.39, 0.29) is 45.3 Å². The summed E-state index contributed by atoms with van der Waals surface area (Å²) in [5, 5.41) is 23.5. The van der Waals surface area contributed by atoms with Crippen LogP contribution in [0, 0.1) is 45.4 Å². The number of aliphatic hydroxyl groups is 2. The molecule has 110 heavy (non-hydrogen) atoms. The highest BCUT2D eigenvalue weighted by atomic mass is 35.5. The Kier molecular flexibility index (Phi) is 28.1. The maximum absolute atomic E-state index is 13.5. The summed E-state index contributed by atoms with van der Waals surface area (Å²) in [4.78, 5) is 78.7. The number of hydrogen-bond donors (Lipinski definition) is 4. The van der Waals surface area contributed by atoms with Crippen LogP contribution in [0.4, 0.5) is 33.3 Å². The van der Waals surface area contributed by atoms with Gasteiger partial charge in [0.25, 0.3) is 22.2 Å². The zero-order valence-electron chi connectivity index (χ0n) is 63.5. The molecule has 4 aromatic heterocycles. The molecule has 0 aliphatic carbocycles. The number of alkyl halides is 1. The Balaban J connectivity index is 0.000000156. The zero-order valence-corrected chi connectivity index (χ0v) is 69.6. The van der Waals surface area contributed by atoms with Gasteiger partial charge in [-0.05, 0) is 189 Å². The van der Waals surface area contributed by atoms with Crippen molar-refractivity contribution in [3.8, 4) is 22.7 Å². The third-order valence-electron chi connectivity index (χ3n) is 21.8. The van der Waals surface area contributed by atoms with Gasteiger partial charge in [0.1, 0.15) is 46.6 Å². The van der Waals surface area contributed by atoms with E-state index in [1.165, 1.54) is 29.9 Å². The molecule has 3 saturated heterocycles. The van der Waals surface area contributed by atoms with Crippen LogP contribution < -0.4 is 53.3 Å². The number of nitrogens with two attached hydrogens (primary N) is 2. The van der Waals surface area contributed by atoms with E-state index in [2.05, 4.69) is 54.5 Å². The molecule has 3 fully saturated rings. The third-order valence-corrected chi connectivity index (χ3v) is 25.0. The third kappa shape index (κ3) is 19.0. The van der Waals surface area contributed by atoms with Crippen LogP contribution in [0.3, 0.4) is 0 Å². The molecule has 0 bridgehead atoms. The molecule has 4 aliphatic heterocycles. The topological polar surface area (TPSA) is 245 Å². The molecule has 0 amide bonds. The van der Waals surface area contributed by atoms with Crippen molar-refractivity contribution in [1.29, 1.82) is 0 Å². The molecule has 4 aliphatic rings. The summed E-state index contributed by atoms with van der Waals surface area (Å²) in [6, 6.07) is 31.3. The molecule has 1 unspecified atom stereocenters. The van der Waals surface area contributed by atoms with E-state index in [9.17, 15) is 33.8 Å². The van der Waals surface area contributed by atoms with E-state index in [1.54, 1.807) is 126 Å². The number of piperidine rings is 2. The van der Waals surface area contributed by atoms with E-state index in [0.29, 0.717) is 141 Å². The van der Waals surface area contributed by atoms with Crippen molar-refractivity contribution in [3.05, 3.63) is 231 Å². The molecule has 13 rings (SSSR count). The first-order valence-corrected chi connectivity index (χ1v) is 40.0. The van der Waals surface area contributed by atoms with E-state index in [0.717, 1.165) is 108 Å². The summed E-state index contributed by atoms with van der Waals surface area (Å²) < 4.78 is 19.4. The van der Waals surface area contributed by atoms with Crippen LogP contribution in [0.15, 0.2) is 128 Å². The first-order valence-electron chi connectivity index (χ1n) is 37.0. The SMILES string of the molecule is CC[C@@H](O)C1(C)CCN(c2cc(=O)n(-c3cccc(Cl)c3Cl)c(C)n2)CC1.CC[C@@H](O)C1(C)CCN(c2cc(=O)n(-c3cccc(Cl)c3Cl)c(C)n2)CC1.Cc1c(N2CCc3cccc(N)c3C2)nc(C)n(-c2cccc(Cl)c2Cl)c1=O.Cc1nc(N2CCC[C@](N)(CC(C)F)CC2)cc(=O)n1-c1cccc(Cl)c1Cl. The van der Waals surface area contributed by atoms with Crippen LogP contribution in [0.25, 0.3) is 22.7 Å².